The van der Waals surface area contributed by atoms with Crippen LogP contribution in [0.2, 0.25) is 0 Å². The van der Waals surface area contributed by atoms with E-state index in [1.807, 2.05) is 0 Å². The Morgan fingerprint density at radius 2 is 1.89 bits per heavy atom. The van der Waals surface area contributed by atoms with Crippen molar-refractivity contribution in [2.24, 2.45) is 5.73 Å². The smallest absolute Gasteiger partial charge is 0.251 e. The van der Waals surface area contributed by atoms with Gasteiger partial charge in [0, 0.05) is 26.7 Å². The molecule has 0 saturated carbocycles. The Bertz CT molecular complexity index is 292. The fourth-order valence-electron chi connectivity index (χ4n) is 2.07. The predicted octanol–water partition coefficient (Wildman–Crippen LogP) is -0.101. The molecular formula is C12H24ClN3O3. The van der Waals surface area contributed by atoms with Crippen molar-refractivity contribution in [3.8, 4) is 0 Å². The van der Waals surface area contributed by atoms with Crippen LogP contribution in [-0.4, -0.2) is 55.6 Å². The van der Waals surface area contributed by atoms with Gasteiger partial charge in [-0.3, -0.25) is 9.59 Å². The summed E-state index contributed by atoms with van der Waals surface area (Å²) in [5.41, 5.74) is 5.40. The van der Waals surface area contributed by atoms with Crippen molar-refractivity contribution in [3.05, 3.63) is 0 Å². The van der Waals surface area contributed by atoms with Crippen molar-refractivity contribution < 1.29 is 14.3 Å². The molecule has 6 nitrogen and oxygen atoms in total. The lowest BCUT2D eigenvalue weighted by Crippen LogP contribution is -2.52. The number of nitrogens with one attached hydrogen (secondary N) is 1. The van der Waals surface area contributed by atoms with E-state index in [0.29, 0.717) is 0 Å². The molecule has 2 amide bonds. The van der Waals surface area contributed by atoms with Gasteiger partial charge in [-0.25, -0.2) is 0 Å². The van der Waals surface area contributed by atoms with Crippen LogP contribution in [0.5, 0.6) is 0 Å². The summed E-state index contributed by atoms with van der Waals surface area (Å²) in [6.07, 6.45) is 2.55. The summed E-state index contributed by atoms with van der Waals surface area (Å²) >= 11 is 0. The number of rotatable bonds is 5. The van der Waals surface area contributed by atoms with Gasteiger partial charge in [-0.2, -0.15) is 0 Å². The first-order chi connectivity index (χ1) is 8.60. The van der Waals surface area contributed by atoms with E-state index in [1.54, 1.807) is 11.8 Å². The second kappa shape index (κ2) is 9.12. The minimum Gasteiger partial charge on any atom is -0.370 e. The molecule has 0 bridgehead atoms. The highest BCUT2D eigenvalue weighted by Gasteiger charge is 2.25. The van der Waals surface area contributed by atoms with Gasteiger partial charge in [0.15, 0.2) is 0 Å². The van der Waals surface area contributed by atoms with Gasteiger partial charge in [0.05, 0.1) is 0 Å². The molecule has 1 heterocycles. The van der Waals surface area contributed by atoms with E-state index in [9.17, 15) is 9.59 Å². The molecule has 0 radical (unpaired) electrons. The lowest BCUT2D eigenvalue weighted by atomic mass is 10.1. The Hall–Kier alpha value is -0.850. The van der Waals surface area contributed by atoms with E-state index in [2.05, 4.69) is 5.32 Å². The number of likely N-dealkylation sites (tertiary alicyclic amines) is 1. The number of carbonyl (C=O) groups is 2. The van der Waals surface area contributed by atoms with Crippen LogP contribution in [0.4, 0.5) is 0 Å². The molecule has 0 aromatic rings. The molecule has 1 saturated heterocycles. The molecular weight excluding hydrogens is 270 g/mol. The molecule has 0 aromatic heterocycles. The predicted molar refractivity (Wildman–Crippen MR) is 75.1 cm³/mol. The molecule has 1 fully saturated rings. The van der Waals surface area contributed by atoms with Gasteiger partial charge >= 0.3 is 0 Å². The first-order valence-corrected chi connectivity index (χ1v) is 6.42. The maximum atomic E-state index is 12.1. The van der Waals surface area contributed by atoms with Crippen LogP contribution in [0, 0.1) is 0 Å². The van der Waals surface area contributed by atoms with Crippen LogP contribution in [0.1, 0.15) is 26.2 Å². The van der Waals surface area contributed by atoms with Gasteiger partial charge in [0.2, 0.25) is 5.91 Å². The van der Waals surface area contributed by atoms with Crippen LogP contribution in [0.3, 0.4) is 0 Å². The third-order valence-corrected chi connectivity index (χ3v) is 3.19. The highest BCUT2D eigenvalue weighted by Crippen LogP contribution is 2.10. The number of piperidine rings is 1. The SMILES string of the molecule is COC(CN)C(=O)NC(C)C(=O)N1CCCCC1.Cl. The van der Waals surface area contributed by atoms with Crippen LogP contribution in [0.15, 0.2) is 0 Å². The number of hydrogen-bond donors (Lipinski definition) is 2. The Labute approximate surface area is 120 Å². The summed E-state index contributed by atoms with van der Waals surface area (Å²) in [6, 6.07) is -0.528. The monoisotopic (exact) mass is 293 g/mol. The first-order valence-electron chi connectivity index (χ1n) is 6.42. The molecule has 1 aliphatic heterocycles. The van der Waals surface area contributed by atoms with E-state index in [-0.39, 0.29) is 30.8 Å². The molecule has 2 unspecified atom stereocenters. The van der Waals surface area contributed by atoms with Gasteiger partial charge in [-0.05, 0) is 26.2 Å². The van der Waals surface area contributed by atoms with E-state index >= 15 is 0 Å². The average molecular weight is 294 g/mol. The molecule has 0 spiro atoms. The molecule has 1 rings (SSSR count). The number of nitrogens with zero attached hydrogens (tertiary/aromatic N) is 1. The Morgan fingerprint density at radius 1 is 1.32 bits per heavy atom. The summed E-state index contributed by atoms with van der Waals surface area (Å²) in [6.45, 7) is 3.36. The highest BCUT2D eigenvalue weighted by atomic mass is 35.5. The minimum atomic E-state index is -0.693. The lowest BCUT2D eigenvalue weighted by molar-refractivity contribution is -0.139. The van der Waals surface area contributed by atoms with Crippen molar-refractivity contribution in [2.75, 3.05) is 26.7 Å². The zero-order chi connectivity index (χ0) is 13.5. The fourth-order valence-corrected chi connectivity index (χ4v) is 2.07. The van der Waals surface area contributed by atoms with E-state index < -0.39 is 12.1 Å². The Kier molecular flexibility index (Phi) is 8.71. The molecule has 1 aliphatic rings. The molecule has 2 atom stereocenters. The normalized spacial score (nSPS) is 18.2. The van der Waals surface area contributed by atoms with E-state index in [1.165, 1.54) is 13.5 Å². The maximum Gasteiger partial charge on any atom is 0.251 e. The summed E-state index contributed by atoms with van der Waals surface area (Å²) in [5, 5.41) is 2.64. The number of amides is 2. The van der Waals surface area contributed by atoms with Gasteiger partial charge < -0.3 is 20.7 Å². The van der Waals surface area contributed by atoms with Crippen molar-refractivity contribution in [1.29, 1.82) is 0 Å². The minimum absolute atomic E-state index is 0. The quantitative estimate of drug-likeness (QED) is 0.741. The van der Waals surface area contributed by atoms with Crippen molar-refractivity contribution in [3.63, 3.8) is 0 Å². The third-order valence-electron chi connectivity index (χ3n) is 3.19. The topological polar surface area (TPSA) is 84.7 Å². The third kappa shape index (κ3) is 5.34. The highest BCUT2D eigenvalue weighted by molar-refractivity contribution is 5.89. The van der Waals surface area contributed by atoms with Crippen LogP contribution >= 0.6 is 12.4 Å². The average Bonchev–Trinajstić information content (AvgIpc) is 2.40. The van der Waals surface area contributed by atoms with Gasteiger partial charge in [0.25, 0.3) is 5.91 Å². The first kappa shape index (κ1) is 18.1. The largest absolute Gasteiger partial charge is 0.370 e. The Morgan fingerprint density at radius 3 is 2.37 bits per heavy atom. The summed E-state index contributed by atoms with van der Waals surface area (Å²) in [5.74, 6) is -0.368. The van der Waals surface area contributed by atoms with Gasteiger partial charge in [0.1, 0.15) is 12.1 Å². The van der Waals surface area contributed by atoms with Crippen LogP contribution in [-0.2, 0) is 14.3 Å². The van der Waals surface area contributed by atoms with E-state index in [4.69, 9.17) is 10.5 Å². The van der Waals surface area contributed by atoms with Crippen molar-refractivity contribution in [2.45, 2.75) is 38.3 Å². The standard InChI is InChI=1S/C12H23N3O3.ClH/c1-9(14-11(16)10(8-13)18-2)12(17)15-6-4-3-5-7-15;/h9-10H,3-8,13H2,1-2H3,(H,14,16);1H. The maximum absolute atomic E-state index is 12.1. The second-order valence-electron chi connectivity index (χ2n) is 4.58. The van der Waals surface area contributed by atoms with Crippen LogP contribution in [0.25, 0.3) is 0 Å². The van der Waals surface area contributed by atoms with E-state index in [0.717, 1.165) is 25.9 Å². The van der Waals surface area contributed by atoms with Gasteiger partial charge in [-0.15, -0.1) is 12.4 Å². The number of halogens is 1. The summed E-state index contributed by atoms with van der Waals surface area (Å²) in [4.78, 5) is 25.6. The number of methoxy groups -OCH3 is 1. The molecule has 0 aromatic carbocycles. The number of nitrogens with two attached hydrogens (primary N) is 1. The van der Waals surface area contributed by atoms with Gasteiger partial charge in [-0.1, -0.05) is 0 Å². The fraction of sp³-hybridized carbons (Fsp3) is 0.833. The number of hydrogen-bond acceptors (Lipinski definition) is 4. The Balaban J connectivity index is 0.00000324. The molecule has 0 aliphatic carbocycles. The molecule has 7 heteroatoms. The summed E-state index contributed by atoms with van der Waals surface area (Å²) in [7, 11) is 1.42. The summed E-state index contributed by atoms with van der Waals surface area (Å²) < 4.78 is 4.93. The number of carbonyl (C=O) groups excluding carboxylic acids is 2. The molecule has 3 N–H and O–H groups in total. The number of ether oxygens (including phenoxy) is 1. The zero-order valence-corrected chi connectivity index (χ0v) is 12.4. The van der Waals surface area contributed by atoms with Crippen molar-refractivity contribution >= 4 is 24.2 Å². The van der Waals surface area contributed by atoms with Crippen molar-refractivity contribution in [1.82, 2.24) is 10.2 Å². The molecule has 112 valence electrons. The zero-order valence-electron chi connectivity index (χ0n) is 11.6. The molecule has 19 heavy (non-hydrogen) atoms. The lowest BCUT2D eigenvalue weighted by Gasteiger charge is -2.29. The van der Waals surface area contributed by atoms with Crippen LogP contribution < -0.4 is 11.1 Å². The second-order valence-corrected chi connectivity index (χ2v) is 4.58.